The van der Waals surface area contributed by atoms with Crippen LogP contribution in [0.2, 0.25) is 0 Å². The monoisotopic (exact) mass is 395 g/mol. The molecule has 24 heavy (non-hydrogen) atoms. The predicted octanol–water partition coefficient (Wildman–Crippen LogP) is 3.78. The molecule has 2 rings (SSSR count). The largest absolute Gasteiger partial charge is 0.481 e. The van der Waals surface area contributed by atoms with Crippen molar-refractivity contribution in [3.63, 3.8) is 0 Å². The van der Waals surface area contributed by atoms with E-state index in [2.05, 4.69) is 21.2 Å². The molecule has 0 atom stereocenters. The normalized spacial score (nSPS) is 10.1. The zero-order chi connectivity index (χ0) is 17.5. The molecule has 0 unspecified atom stereocenters. The van der Waals surface area contributed by atoms with E-state index >= 15 is 0 Å². The van der Waals surface area contributed by atoms with E-state index in [1.807, 2.05) is 0 Å². The maximum atomic E-state index is 13.6. The molecule has 0 saturated carbocycles. The number of halogens is 2. The zero-order valence-corrected chi connectivity index (χ0v) is 14.4. The number of ether oxygens (including phenoxy) is 2. The molecule has 126 valence electrons. The van der Waals surface area contributed by atoms with Gasteiger partial charge in [0.2, 0.25) is 0 Å². The maximum absolute atomic E-state index is 13.6. The molecule has 0 spiro atoms. The Morgan fingerprint density at radius 3 is 2.71 bits per heavy atom. The first kappa shape index (κ1) is 17.9. The van der Waals surface area contributed by atoms with Gasteiger partial charge in [-0.3, -0.25) is 4.79 Å². The number of benzene rings is 2. The second kappa shape index (κ2) is 8.44. The Kier molecular flexibility index (Phi) is 6.31. The minimum atomic E-state index is -0.568. The Morgan fingerprint density at radius 2 is 2.00 bits per heavy atom. The lowest BCUT2D eigenvalue weighted by atomic mass is 10.2. The summed E-state index contributed by atoms with van der Waals surface area (Å²) in [6, 6.07) is 10.6. The van der Waals surface area contributed by atoms with Crippen LogP contribution in [0, 0.1) is 5.82 Å². The summed E-state index contributed by atoms with van der Waals surface area (Å²) in [5.41, 5.74) is 0.750. The molecule has 0 heterocycles. The summed E-state index contributed by atoms with van der Waals surface area (Å²) in [5, 5.41) is 2.58. The third-order valence-electron chi connectivity index (χ3n) is 2.91. The SMILES string of the molecule is CCOC(=O)c1cccc(NC(=O)COc2ccc(Br)cc2F)c1. The molecule has 5 nitrogen and oxygen atoms in total. The van der Waals surface area contributed by atoms with Crippen LogP contribution >= 0.6 is 15.9 Å². The minimum Gasteiger partial charge on any atom is -0.481 e. The van der Waals surface area contributed by atoms with Gasteiger partial charge in [-0.1, -0.05) is 22.0 Å². The summed E-state index contributed by atoms with van der Waals surface area (Å²) >= 11 is 3.14. The molecule has 0 aliphatic carbocycles. The van der Waals surface area contributed by atoms with E-state index in [4.69, 9.17) is 9.47 Å². The van der Waals surface area contributed by atoms with Gasteiger partial charge in [-0.2, -0.15) is 0 Å². The highest BCUT2D eigenvalue weighted by atomic mass is 79.9. The summed E-state index contributed by atoms with van der Waals surface area (Å²) in [6.07, 6.45) is 0. The molecule has 2 aromatic rings. The van der Waals surface area contributed by atoms with E-state index < -0.39 is 17.7 Å². The van der Waals surface area contributed by atoms with Crippen LogP contribution in [0.4, 0.5) is 10.1 Å². The molecular formula is C17H15BrFNO4. The second-order valence-corrected chi connectivity index (χ2v) is 5.63. The van der Waals surface area contributed by atoms with Crippen LogP contribution in [0.1, 0.15) is 17.3 Å². The molecule has 1 N–H and O–H groups in total. The summed E-state index contributed by atoms with van der Waals surface area (Å²) in [4.78, 5) is 23.5. The van der Waals surface area contributed by atoms with Crippen LogP contribution in [0.25, 0.3) is 0 Å². The van der Waals surface area contributed by atoms with Crippen LogP contribution in [-0.2, 0) is 9.53 Å². The van der Waals surface area contributed by atoms with Crippen molar-refractivity contribution in [1.29, 1.82) is 0 Å². The van der Waals surface area contributed by atoms with Crippen LogP contribution in [-0.4, -0.2) is 25.1 Å². The lowest BCUT2D eigenvalue weighted by Crippen LogP contribution is -2.20. The average molecular weight is 396 g/mol. The van der Waals surface area contributed by atoms with E-state index in [1.54, 1.807) is 31.2 Å². The van der Waals surface area contributed by atoms with Crippen molar-refractivity contribution >= 4 is 33.5 Å². The first-order valence-electron chi connectivity index (χ1n) is 7.14. The molecule has 0 radical (unpaired) electrons. The van der Waals surface area contributed by atoms with Crippen LogP contribution < -0.4 is 10.1 Å². The van der Waals surface area contributed by atoms with E-state index in [1.165, 1.54) is 18.2 Å². The number of amides is 1. The number of carbonyl (C=O) groups is 2. The van der Waals surface area contributed by atoms with E-state index in [9.17, 15) is 14.0 Å². The molecule has 1 amide bonds. The number of rotatable bonds is 6. The molecule has 0 saturated heterocycles. The van der Waals surface area contributed by atoms with Crippen LogP contribution in [0.5, 0.6) is 5.75 Å². The van der Waals surface area contributed by atoms with E-state index in [0.29, 0.717) is 15.7 Å². The first-order chi connectivity index (χ1) is 11.5. The summed E-state index contributed by atoms with van der Waals surface area (Å²) in [5.74, 6) is -1.53. The molecule has 0 bridgehead atoms. The van der Waals surface area contributed by atoms with Crippen LogP contribution in [0.3, 0.4) is 0 Å². The van der Waals surface area contributed by atoms with Crippen LogP contribution in [0.15, 0.2) is 46.9 Å². The first-order valence-corrected chi connectivity index (χ1v) is 7.93. The highest BCUT2D eigenvalue weighted by molar-refractivity contribution is 9.10. The number of hydrogen-bond acceptors (Lipinski definition) is 4. The smallest absolute Gasteiger partial charge is 0.338 e. The van der Waals surface area contributed by atoms with Gasteiger partial charge in [0.15, 0.2) is 18.2 Å². The summed E-state index contributed by atoms with van der Waals surface area (Å²) in [7, 11) is 0. The van der Waals surface area contributed by atoms with Gasteiger partial charge in [-0.25, -0.2) is 9.18 Å². The van der Waals surface area contributed by atoms with Gasteiger partial charge in [0.25, 0.3) is 5.91 Å². The molecular weight excluding hydrogens is 381 g/mol. The fraction of sp³-hybridized carbons (Fsp3) is 0.176. The van der Waals surface area contributed by atoms with Crippen molar-refractivity contribution < 1.29 is 23.5 Å². The molecule has 7 heteroatoms. The van der Waals surface area contributed by atoms with Crippen molar-refractivity contribution in [2.75, 3.05) is 18.5 Å². The van der Waals surface area contributed by atoms with Crippen molar-refractivity contribution in [2.45, 2.75) is 6.92 Å². The third-order valence-corrected chi connectivity index (χ3v) is 3.40. The number of nitrogens with one attached hydrogen (secondary N) is 1. The van der Waals surface area contributed by atoms with Gasteiger partial charge in [-0.15, -0.1) is 0 Å². The highest BCUT2D eigenvalue weighted by Gasteiger charge is 2.10. The number of carbonyl (C=O) groups excluding carboxylic acids is 2. The van der Waals surface area contributed by atoms with Gasteiger partial charge in [0.1, 0.15) is 0 Å². The molecule has 0 aliphatic rings. The average Bonchev–Trinajstić information content (AvgIpc) is 2.54. The van der Waals surface area contributed by atoms with Crippen molar-refractivity contribution in [3.8, 4) is 5.75 Å². The van der Waals surface area contributed by atoms with Gasteiger partial charge in [0.05, 0.1) is 12.2 Å². The van der Waals surface area contributed by atoms with Gasteiger partial charge in [-0.05, 0) is 43.3 Å². The van der Waals surface area contributed by atoms with E-state index in [-0.39, 0.29) is 19.0 Å². The second-order valence-electron chi connectivity index (χ2n) is 4.71. The highest BCUT2D eigenvalue weighted by Crippen LogP contribution is 2.21. The molecule has 0 aromatic heterocycles. The molecule has 0 aliphatic heterocycles. The lowest BCUT2D eigenvalue weighted by Gasteiger charge is -2.09. The topological polar surface area (TPSA) is 64.6 Å². The zero-order valence-electron chi connectivity index (χ0n) is 12.8. The number of esters is 1. The Balaban J connectivity index is 1.95. The standard InChI is InChI=1S/C17H15BrFNO4/c1-2-23-17(22)11-4-3-5-13(8-11)20-16(21)10-24-15-7-6-12(18)9-14(15)19/h3-9H,2,10H2,1H3,(H,20,21). The van der Waals surface area contributed by atoms with Gasteiger partial charge >= 0.3 is 5.97 Å². The predicted molar refractivity (Wildman–Crippen MR) is 90.6 cm³/mol. The quantitative estimate of drug-likeness (QED) is 0.755. The third kappa shape index (κ3) is 5.06. The summed E-state index contributed by atoms with van der Waals surface area (Å²) in [6.45, 7) is 1.62. The van der Waals surface area contributed by atoms with Gasteiger partial charge in [0, 0.05) is 10.2 Å². The maximum Gasteiger partial charge on any atom is 0.338 e. The van der Waals surface area contributed by atoms with Crippen molar-refractivity contribution in [3.05, 3.63) is 58.3 Å². The summed E-state index contributed by atoms with van der Waals surface area (Å²) < 4.78 is 24.2. The Labute approximate surface area is 146 Å². The van der Waals surface area contributed by atoms with Gasteiger partial charge < -0.3 is 14.8 Å². The fourth-order valence-corrected chi connectivity index (χ4v) is 2.20. The Morgan fingerprint density at radius 1 is 1.21 bits per heavy atom. The van der Waals surface area contributed by atoms with Crippen molar-refractivity contribution in [1.82, 2.24) is 0 Å². The fourth-order valence-electron chi connectivity index (χ4n) is 1.87. The number of hydrogen-bond donors (Lipinski definition) is 1. The lowest BCUT2D eigenvalue weighted by molar-refractivity contribution is -0.118. The molecule has 0 fully saturated rings. The Hall–Kier alpha value is -2.41. The Bertz CT molecular complexity index is 751. The number of anilines is 1. The molecule has 2 aromatic carbocycles. The minimum absolute atomic E-state index is 0.0198. The van der Waals surface area contributed by atoms with Crippen molar-refractivity contribution in [2.24, 2.45) is 0 Å². The van der Waals surface area contributed by atoms with E-state index in [0.717, 1.165) is 0 Å².